The number of hydrogen-bond donors (Lipinski definition) is 1. The predicted molar refractivity (Wildman–Crippen MR) is 149 cm³/mol. The van der Waals surface area contributed by atoms with E-state index in [1.165, 1.54) is 23.1 Å². The summed E-state index contributed by atoms with van der Waals surface area (Å²) in [4.78, 5) is 25.1. The molecule has 2 fully saturated rings. The van der Waals surface area contributed by atoms with Gasteiger partial charge in [-0.3, -0.25) is 9.59 Å². The Morgan fingerprint density at radius 1 is 1.05 bits per heavy atom. The third kappa shape index (κ3) is 5.03. The number of ether oxygens (including phenoxy) is 3. The topological polar surface area (TPSA) is 73.9 Å². The number of carbonyl (C=O) groups excluding carboxylic acids is 2. The minimum absolute atomic E-state index is 0.0786. The highest BCUT2D eigenvalue weighted by atomic mass is 16.7. The average molecular weight is 532 g/mol. The fraction of sp³-hybridized carbons (Fsp3) is 0.576. The Kier molecular flexibility index (Phi) is 7.30. The lowest BCUT2D eigenvalue weighted by atomic mass is 9.55. The highest BCUT2D eigenvalue weighted by molar-refractivity contribution is 5.87. The molecule has 0 spiro atoms. The molecule has 3 aliphatic carbocycles. The van der Waals surface area contributed by atoms with E-state index in [0.717, 1.165) is 80.6 Å². The van der Waals surface area contributed by atoms with Gasteiger partial charge in [-0.05, 0) is 110 Å². The maximum absolute atomic E-state index is 12.7. The molecule has 39 heavy (non-hydrogen) atoms. The highest BCUT2D eigenvalue weighted by Crippen LogP contribution is 2.59. The molecular weight excluding hydrogens is 490 g/mol. The Bertz CT molecular complexity index is 1250. The molecule has 3 unspecified atom stereocenters. The van der Waals surface area contributed by atoms with Crippen LogP contribution in [0.25, 0.3) is 0 Å². The van der Waals surface area contributed by atoms with Crippen LogP contribution in [-0.4, -0.2) is 25.6 Å². The standard InChI is InChI=1S/C33H41NO5/c1-33-15-14-24-25(27(33)11-13-31(33)35)10-9-22-18-29(37-2)23(17-26(22)24)6-4-3-5-7-32(36)34-19-21-8-12-28-30(16-21)39-20-38-28/h8,12,16-18,24-25,27H,3-7,9-11,13-15,19-20H2,1-2H3,(H,34,36)/t24?,25?,27?,33-/m0/s1. The lowest BCUT2D eigenvalue weighted by molar-refractivity contribution is -0.129. The molecule has 1 heterocycles. The summed E-state index contributed by atoms with van der Waals surface area (Å²) >= 11 is 0. The van der Waals surface area contributed by atoms with E-state index in [1.807, 2.05) is 18.2 Å². The van der Waals surface area contributed by atoms with Crippen molar-refractivity contribution >= 4 is 11.7 Å². The molecule has 0 saturated heterocycles. The first kappa shape index (κ1) is 26.2. The van der Waals surface area contributed by atoms with Crippen LogP contribution in [0.3, 0.4) is 0 Å². The number of amides is 1. The van der Waals surface area contributed by atoms with Gasteiger partial charge in [-0.1, -0.05) is 25.5 Å². The van der Waals surface area contributed by atoms with Gasteiger partial charge in [0.1, 0.15) is 11.5 Å². The second-order valence-electron chi connectivity index (χ2n) is 12.2. The van der Waals surface area contributed by atoms with E-state index in [-0.39, 0.29) is 18.1 Å². The van der Waals surface area contributed by atoms with E-state index in [0.29, 0.717) is 36.5 Å². The van der Waals surface area contributed by atoms with E-state index in [2.05, 4.69) is 24.4 Å². The molecule has 1 N–H and O–H groups in total. The van der Waals surface area contributed by atoms with Gasteiger partial charge in [-0.25, -0.2) is 0 Å². The van der Waals surface area contributed by atoms with Crippen molar-refractivity contribution in [1.29, 1.82) is 0 Å². The molecule has 0 bridgehead atoms. The summed E-state index contributed by atoms with van der Waals surface area (Å²) in [5.74, 6) is 4.87. The van der Waals surface area contributed by atoms with Gasteiger partial charge < -0.3 is 19.5 Å². The molecule has 6 rings (SSSR count). The Hall–Kier alpha value is -3.02. The van der Waals surface area contributed by atoms with Crippen LogP contribution in [0, 0.1) is 17.3 Å². The van der Waals surface area contributed by atoms with Crippen molar-refractivity contribution in [2.24, 2.45) is 17.3 Å². The van der Waals surface area contributed by atoms with Crippen molar-refractivity contribution in [2.75, 3.05) is 13.9 Å². The Morgan fingerprint density at radius 3 is 2.79 bits per heavy atom. The SMILES string of the molecule is COc1cc2c(cc1CCCCCC(=O)NCc1ccc3c(c1)OCO3)C1CC[C@]3(C)C(=O)CCC3C1CC2. The third-order valence-corrected chi connectivity index (χ3v) is 10.1. The number of unbranched alkanes of at least 4 members (excludes halogenated alkanes) is 2. The summed E-state index contributed by atoms with van der Waals surface area (Å²) in [7, 11) is 1.78. The monoisotopic (exact) mass is 531 g/mol. The summed E-state index contributed by atoms with van der Waals surface area (Å²) in [6, 6.07) is 10.5. The number of fused-ring (bicyclic) bond motifs is 6. The van der Waals surface area contributed by atoms with E-state index in [1.54, 1.807) is 7.11 Å². The molecule has 0 radical (unpaired) electrons. The zero-order valence-corrected chi connectivity index (χ0v) is 23.4. The second kappa shape index (κ2) is 10.9. The summed E-state index contributed by atoms with van der Waals surface area (Å²) in [5, 5.41) is 3.02. The average Bonchev–Trinajstić information content (AvgIpc) is 3.54. The number of nitrogens with one attached hydrogen (secondary N) is 1. The number of benzene rings is 2. The summed E-state index contributed by atoms with van der Waals surface area (Å²) in [6.45, 7) is 3.00. The Labute approximate surface area is 231 Å². The van der Waals surface area contributed by atoms with Crippen LogP contribution in [-0.2, 0) is 29.0 Å². The number of carbonyl (C=O) groups is 2. The lowest BCUT2D eigenvalue weighted by Gasteiger charge is -2.48. The molecular formula is C33H41NO5. The first-order valence-electron chi connectivity index (χ1n) is 14.8. The van der Waals surface area contributed by atoms with Crippen LogP contribution >= 0.6 is 0 Å². The van der Waals surface area contributed by atoms with Gasteiger partial charge >= 0.3 is 0 Å². The zero-order chi connectivity index (χ0) is 27.0. The third-order valence-electron chi connectivity index (χ3n) is 10.1. The minimum Gasteiger partial charge on any atom is -0.496 e. The summed E-state index contributed by atoms with van der Waals surface area (Å²) in [6.07, 6.45) is 10.7. The van der Waals surface area contributed by atoms with Crippen molar-refractivity contribution in [3.63, 3.8) is 0 Å². The van der Waals surface area contributed by atoms with E-state index >= 15 is 0 Å². The highest BCUT2D eigenvalue weighted by Gasteiger charge is 2.54. The van der Waals surface area contributed by atoms with Crippen LogP contribution in [0.5, 0.6) is 17.2 Å². The van der Waals surface area contributed by atoms with E-state index < -0.39 is 0 Å². The van der Waals surface area contributed by atoms with Crippen LogP contribution < -0.4 is 19.5 Å². The van der Waals surface area contributed by atoms with Crippen molar-refractivity contribution in [2.45, 2.75) is 90.0 Å². The molecule has 6 nitrogen and oxygen atoms in total. The van der Waals surface area contributed by atoms with Gasteiger partial charge in [-0.2, -0.15) is 0 Å². The molecule has 4 aliphatic rings. The number of methoxy groups -OCH3 is 1. The summed E-state index contributed by atoms with van der Waals surface area (Å²) < 4.78 is 16.6. The molecule has 0 aromatic heterocycles. The van der Waals surface area contributed by atoms with Crippen LogP contribution in [0.15, 0.2) is 30.3 Å². The van der Waals surface area contributed by atoms with Crippen LogP contribution in [0.4, 0.5) is 0 Å². The maximum atomic E-state index is 12.7. The van der Waals surface area contributed by atoms with E-state index in [4.69, 9.17) is 14.2 Å². The molecule has 208 valence electrons. The first-order chi connectivity index (χ1) is 19.0. The zero-order valence-electron chi connectivity index (χ0n) is 23.4. The van der Waals surface area contributed by atoms with Gasteiger partial charge in [0, 0.05) is 24.8 Å². The lowest BCUT2D eigenvalue weighted by Crippen LogP contribution is -2.42. The van der Waals surface area contributed by atoms with Gasteiger partial charge in [0.25, 0.3) is 0 Å². The molecule has 4 atom stereocenters. The maximum Gasteiger partial charge on any atom is 0.231 e. The molecule has 6 heteroatoms. The van der Waals surface area contributed by atoms with Gasteiger partial charge in [0.05, 0.1) is 7.11 Å². The van der Waals surface area contributed by atoms with Crippen LogP contribution in [0.1, 0.15) is 92.9 Å². The second-order valence-corrected chi connectivity index (χ2v) is 12.2. The van der Waals surface area contributed by atoms with Crippen molar-refractivity contribution in [3.05, 3.63) is 52.6 Å². The van der Waals surface area contributed by atoms with Crippen molar-refractivity contribution in [3.8, 4) is 17.2 Å². The number of Topliss-reactive ketones (excluding diaryl/α,β-unsaturated/α-hetero) is 1. The molecule has 2 aromatic carbocycles. The Morgan fingerprint density at radius 2 is 1.92 bits per heavy atom. The normalized spacial score (nSPS) is 26.5. The fourth-order valence-electron chi connectivity index (χ4n) is 7.92. The van der Waals surface area contributed by atoms with E-state index in [9.17, 15) is 9.59 Å². The fourth-order valence-corrected chi connectivity index (χ4v) is 7.92. The smallest absolute Gasteiger partial charge is 0.231 e. The van der Waals surface area contributed by atoms with Crippen molar-refractivity contribution < 1.29 is 23.8 Å². The number of ketones is 1. The molecule has 2 aromatic rings. The first-order valence-corrected chi connectivity index (χ1v) is 14.8. The number of aryl methyl sites for hydroxylation is 2. The van der Waals surface area contributed by atoms with Gasteiger partial charge in [0.15, 0.2) is 11.5 Å². The molecule has 2 saturated carbocycles. The molecule has 1 amide bonds. The largest absolute Gasteiger partial charge is 0.496 e. The minimum atomic E-state index is -0.0786. The predicted octanol–water partition coefficient (Wildman–Crippen LogP) is 6.27. The van der Waals surface area contributed by atoms with Gasteiger partial charge in [0.2, 0.25) is 12.7 Å². The van der Waals surface area contributed by atoms with Gasteiger partial charge in [-0.15, -0.1) is 0 Å². The number of rotatable bonds is 9. The summed E-state index contributed by atoms with van der Waals surface area (Å²) in [5.41, 5.74) is 5.19. The Balaban J connectivity index is 1.01. The quantitative estimate of drug-likeness (QED) is 0.386. The number of hydrogen-bond acceptors (Lipinski definition) is 5. The molecule has 1 aliphatic heterocycles. The van der Waals surface area contributed by atoms with Crippen molar-refractivity contribution in [1.82, 2.24) is 5.32 Å². The van der Waals surface area contributed by atoms with Crippen LogP contribution in [0.2, 0.25) is 0 Å².